The van der Waals surface area contributed by atoms with Crippen molar-refractivity contribution < 1.29 is 9.53 Å². The Kier molecular flexibility index (Phi) is 6.65. The van der Waals surface area contributed by atoms with Gasteiger partial charge in [-0.1, -0.05) is 69.4 Å². The van der Waals surface area contributed by atoms with Gasteiger partial charge in [0.05, 0.1) is 0 Å². The molecule has 1 amide bonds. The van der Waals surface area contributed by atoms with Crippen LogP contribution in [0.4, 0.5) is 5.13 Å². The molecule has 0 saturated heterocycles. The topological polar surface area (TPSA) is 64.1 Å². The molecule has 26 heavy (non-hydrogen) atoms. The molecule has 1 N–H and O–H groups in total. The SMILES string of the molecule is C[C@H](Oc1ccc(Br)cc1)C(=O)Nc1nnc(SCc2ccccc2)s1. The van der Waals surface area contributed by atoms with Crippen molar-refractivity contribution in [3.8, 4) is 5.75 Å². The third kappa shape index (κ3) is 5.55. The van der Waals surface area contributed by atoms with E-state index in [-0.39, 0.29) is 5.91 Å². The summed E-state index contributed by atoms with van der Waals surface area (Å²) in [6.45, 7) is 1.70. The molecule has 1 heterocycles. The van der Waals surface area contributed by atoms with Gasteiger partial charge >= 0.3 is 0 Å². The lowest BCUT2D eigenvalue weighted by Crippen LogP contribution is -2.30. The van der Waals surface area contributed by atoms with E-state index in [4.69, 9.17) is 4.74 Å². The Morgan fingerprint density at radius 2 is 1.92 bits per heavy atom. The molecule has 0 aliphatic heterocycles. The Morgan fingerprint density at radius 3 is 2.65 bits per heavy atom. The average Bonchev–Trinajstić information content (AvgIpc) is 3.10. The number of thioether (sulfide) groups is 1. The van der Waals surface area contributed by atoms with Gasteiger partial charge in [-0.3, -0.25) is 10.1 Å². The monoisotopic (exact) mass is 449 g/mol. The maximum absolute atomic E-state index is 12.3. The Bertz CT molecular complexity index is 856. The number of carbonyl (C=O) groups is 1. The number of benzene rings is 2. The molecule has 5 nitrogen and oxygen atoms in total. The standard InChI is InChI=1S/C18H16BrN3O2S2/c1-12(24-15-9-7-14(19)8-10-15)16(23)20-17-21-22-18(26-17)25-11-13-5-3-2-4-6-13/h2-10,12H,11H2,1H3,(H,20,21,23)/t12-/m0/s1. The fraction of sp³-hybridized carbons (Fsp3) is 0.167. The van der Waals surface area contributed by atoms with Crippen LogP contribution in [-0.4, -0.2) is 22.2 Å². The molecular weight excluding hydrogens is 434 g/mol. The molecule has 1 aromatic heterocycles. The van der Waals surface area contributed by atoms with Gasteiger partial charge in [-0.2, -0.15) is 0 Å². The Hall–Kier alpha value is -1.90. The number of ether oxygens (including phenoxy) is 1. The van der Waals surface area contributed by atoms with Gasteiger partial charge < -0.3 is 4.74 Å². The third-order valence-corrected chi connectivity index (χ3v) is 5.91. The molecule has 3 rings (SSSR count). The number of hydrogen-bond acceptors (Lipinski definition) is 6. The van der Waals surface area contributed by atoms with Gasteiger partial charge in [0.1, 0.15) is 5.75 Å². The molecule has 8 heteroatoms. The van der Waals surface area contributed by atoms with Crippen LogP contribution in [0.25, 0.3) is 0 Å². The van der Waals surface area contributed by atoms with Crippen molar-refractivity contribution in [3.63, 3.8) is 0 Å². The van der Waals surface area contributed by atoms with Crippen LogP contribution in [0, 0.1) is 0 Å². The molecule has 134 valence electrons. The van der Waals surface area contributed by atoms with Gasteiger partial charge in [-0.25, -0.2) is 0 Å². The van der Waals surface area contributed by atoms with Crippen molar-refractivity contribution >= 4 is 50.1 Å². The molecule has 0 saturated carbocycles. The molecule has 0 fully saturated rings. The van der Waals surface area contributed by atoms with Crippen LogP contribution in [0.1, 0.15) is 12.5 Å². The summed E-state index contributed by atoms with van der Waals surface area (Å²) in [4.78, 5) is 12.3. The van der Waals surface area contributed by atoms with Crippen LogP contribution < -0.4 is 10.1 Å². The van der Waals surface area contributed by atoms with Crippen LogP contribution in [0.3, 0.4) is 0 Å². The second-order valence-electron chi connectivity index (χ2n) is 5.35. The quantitative estimate of drug-likeness (QED) is 0.406. The van der Waals surface area contributed by atoms with Crippen molar-refractivity contribution in [2.45, 2.75) is 23.1 Å². The molecule has 0 aliphatic carbocycles. The van der Waals surface area contributed by atoms with Gasteiger partial charge in [0.2, 0.25) is 5.13 Å². The lowest BCUT2D eigenvalue weighted by molar-refractivity contribution is -0.122. The number of aromatic nitrogens is 2. The van der Waals surface area contributed by atoms with Crippen molar-refractivity contribution in [2.24, 2.45) is 0 Å². The first-order valence-electron chi connectivity index (χ1n) is 7.83. The van der Waals surface area contributed by atoms with Crippen LogP contribution in [0.15, 0.2) is 63.4 Å². The third-order valence-electron chi connectivity index (χ3n) is 3.34. The maximum Gasteiger partial charge on any atom is 0.266 e. The highest BCUT2D eigenvalue weighted by molar-refractivity contribution is 9.10. The number of halogens is 1. The summed E-state index contributed by atoms with van der Waals surface area (Å²) in [5.41, 5.74) is 1.22. The van der Waals surface area contributed by atoms with Crippen molar-refractivity contribution in [1.29, 1.82) is 0 Å². The number of rotatable bonds is 7. The molecule has 0 unspecified atom stereocenters. The van der Waals surface area contributed by atoms with Gasteiger partial charge in [-0.15, -0.1) is 10.2 Å². The Morgan fingerprint density at radius 1 is 1.19 bits per heavy atom. The molecule has 0 radical (unpaired) electrons. The predicted octanol–water partition coefficient (Wildman–Crippen LogP) is 5.00. The predicted molar refractivity (Wildman–Crippen MR) is 109 cm³/mol. The molecule has 0 aliphatic rings. The number of amides is 1. The van der Waals surface area contributed by atoms with Gasteiger partial charge in [0, 0.05) is 10.2 Å². The zero-order chi connectivity index (χ0) is 18.4. The largest absolute Gasteiger partial charge is 0.481 e. The Labute approximate surface area is 168 Å². The van der Waals surface area contributed by atoms with Gasteiger partial charge in [-0.05, 0) is 36.8 Å². The van der Waals surface area contributed by atoms with Crippen molar-refractivity contribution in [3.05, 3.63) is 64.6 Å². The summed E-state index contributed by atoms with van der Waals surface area (Å²) >= 11 is 6.31. The van der Waals surface area contributed by atoms with Crippen molar-refractivity contribution in [1.82, 2.24) is 10.2 Å². The number of carbonyl (C=O) groups excluding carboxylic acids is 1. The van der Waals surface area contributed by atoms with Gasteiger partial charge in [0.15, 0.2) is 10.4 Å². The fourth-order valence-corrected chi connectivity index (χ4v) is 3.99. The van der Waals surface area contributed by atoms with Crippen LogP contribution >= 0.6 is 39.0 Å². The van der Waals surface area contributed by atoms with Crippen LogP contribution in [-0.2, 0) is 10.5 Å². The lowest BCUT2D eigenvalue weighted by Gasteiger charge is -2.13. The molecule has 3 aromatic rings. The fourth-order valence-electron chi connectivity index (χ4n) is 2.02. The average molecular weight is 450 g/mol. The Balaban J connectivity index is 1.51. The highest BCUT2D eigenvalue weighted by Crippen LogP contribution is 2.28. The second kappa shape index (κ2) is 9.16. The highest BCUT2D eigenvalue weighted by atomic mass is 79.9. The molecule has 0 bridgehead atoms. The van der Waals surface area contributed by atoms with E-state index < -0.39 is 6.10 Å². The van der Waals surface area contributed by atoms with Gasteiger partial charge in [0.25, 0.3) is 5.91 Å². The molecule has 1 atom stereocenters. The molecular formula is C18H16BrN3O2S2. The zero-order valence-corrected chi connectivity index (χ0v) is 17.1. The second-order valence-corrected chi connectivity index (χ2v) is 8.47. The first-order chi connectivity index (χ1) is 12.6. The van der Waals surface area contributed by atoms with E-state index >= 15 is 0 Å². The van der Waals surface area contributed by atoms with Crippen LogP contribution in [0.2, 0.25) is 0 Å². The first kappa shape index (κ1) is 18.9. The van der Waals surface area contributed by atoms with E-state index in [1.165, 1.54) is 16.9 Å². The highest BCUT2D eigenvalue weighted by Gasteiger charge is 2.17. The van der Waals surface area contributed by atoms with E-state index in [9.17, 15) is 4.79 Å². The van der Waals surface area contributed by atoms with Crippen molar-refractivity contribution in [2.75, 3.05) is 5.32 Å². The minimum Gasteiger partial charge on any atom is -0.481 e. The summed E-state index contributed by atoms with van der Waals surface area (Å²) < 4.78 is 7.40. The molecule has 2 aromatic carbocycles. The minimum absolute atomic E-state index is 0.260. The lowest BCUT2D eigenvalue weighted by atomic mass is 10.2. The van der Waals surface area contributed by atoms with E-state index in [0.717, 1.165) is 14.6 Å². The smallest absolute Gasteiger partial charge is 0.266 e. The number of nitrogens with one attached hydrogen (secondary N) is 1. The summed E-state index contributed by atoms with van der Waals surface area (Å²) in [6, 6.07) is 17.5. The number of anilines is 1. The van der Waals surface area contributed by atoms with E-state index in [0.29, 0.717) is 10.9 Å². The normalized spacial score (nSPS) is 11.8. The number of hydrogen-bond donors (Lipinski definition) is 1. The summed E-state index contributed by atoms with van der Waals surface area (Å²) in [7, 11) is 0. The van der Waals surface area contributed by atoms with E-state index in [1.807, 2.05) is 30.3 Å². The minimum atomic E-state index is -0.638. The molecule has 0 spiro atoms. The van der Waals surface area contributed by atoms with E-state index in [2.05, 4.69) is 43.6 Å². The zero-order valence-electron chi connectivity index (χ0n) is 13.9. The summed E-state index contributed by atoms with van der Waals surface area (Å²) in [5, 5.41) is 11.4. The maximum atomic E-state index is 12.3. The van der Waals surface area contributed by atoms with Crippen LogP contribution in [0.5, 0.6) is 5.75 Å². The summed E-state index contributed by atoms with van der Waals surface area (Å²) in [6.07, 6.45) is -0.638. The number of nitrogens with zero attached hydrogens (tertiary/aromatic N) is 2. The summed E-state index contributed by atoms with van der Waals surface area (Å²) in [5.74, 6) is 1.18. The van der Waals surface area contributed by atoms with E-state index in [1.54, 1.807) is 30.8 Å². The first-order valence-corrected chi connectivity index (χ1v) is 10.4.